The Morgan fingerprint density at radius 2 is 2.39 bits per heavy atom. The van der Waals surface area contributed by atoms with Crippen LogP contribution in [0.4, 0.5) is 5.82 Å². The summed E-state index contributed by atoms with van der Waals surface area (Å²) in [7, 11) is 0. The van der Waals surface area contributed by atoms with Crippen molar-refractivity contribution in [2.24, 2.45) is 0 Å². The molecule has 1 atom stereocenters. The van der Waals surface area contributed by atoms with Gasteiger partial charge >= 0.3 is 0 Å². The lowest BCUT2D eigenvalue weighted by Gasteiger charge is -2.35. The predicted molar refractivity (Wildman–Crippen MR) is 66.9 cm³/mol. The number of rotatable bonds is 3. The van der Waals surface area contributed by atoms with Crippen molar-refractivity contribution in [1.82, 2.24) is 15.3 Å². The number of anilines is 1. The number of hydrogen-bond acceptors (Lipinski definition) is 5. The molecule has 1 unspecified atom stereocenters. The van der Waals surface area contributed by atoms with Crippen molar-refractivity contribution in [2.75, 3.05) is 18.0 Å². The first-order chi connectivity index (χ1) is 8.69. The van der Waals surface area contributed by atoms with Crippen LogP contribution in [-0.4, -0.2) is 41.3 Å². The predicted octanol–water partition coefficient (Wildman–Crippen LogP) is 0.657. The van der Waals surface area contributed by atoms with Crippen LogP contribution >= 0.6 is 11.6 Å². The summed E-state index contributed by atoms with van der Waals surface area (Å²) in [5, 5.41) is 2.90. The third-order valence-electron chi connectivity index (χ3n) is 2.92. The first kappa shape index (κ1) is 12.8. The lowest BCUT2D eigenvalue weighted by atomic mass is 10.1. The summed E-state index contributed by atoms with van der Waals surface area (Å²) in [5.74, 6) is 0.363. The second kappa shape index (κ2) is 5.30. The molecule has 1 fully saturated rings. The molecule has 2 rings (SSSR count). The zero-order valence-corrected chi connectivity index (χ0v) is 10.6. The van der Waals surface area contributed by atoms with Gasteiger partial charge in [0, 0.05) is 13.1 Å². The highest BCUT2D eigenvalue weighted by molar-refractivity contribution is 6.32. The molecule has 2 heterocycles. The van der Waals surface area contributed by atoms with Crippen LogP contribution in [0, 0.1) is 0 Å². The van der Waals surface area contributed by atoms with Gasteiger partial charge in [-0.15, -0.1) is 0 Å². The Morgan fingerprint density at radius 3 is 3.06 bits per heavy atom. The summed E-state index contributed by atoms with van der Waals surface area (Å²) >= 11 is 5.87. The zero-order chi connectivity index (χ0) is 13.1. The summed E-state index contributed by atoms with van der Waals surface area (Å²) in [6, 6.07) is -0.330. The van der Waals surface area contributed by atoms with Gasteiger partial charge in [0.1, 0.15) is 23.3 Å². The third-order valence-corrected chi connectivity index (χ3v) is 3.22. The first-order valence-corrected chi connectivity index (χ1v) is 6.06. The Balaban J connectivity index is 2.43. The van der Waals surface area contributed by atoms with Crippen molar-refractivity contribution in [1.29, 1.82) is 0 Å². The second-order valence-corrected chi connectivity index (χ2v) is 4.29. The lowest BCUT2D eigenvalue weighted by molar-refractivity contribution is -0.123. The minimum Gasteiger partial charge on any atom is -0.353 e. The Kier molecular flexibility index (Phi) is 3.76. The summed E-state index contributed by atoms with van der Waals surface area (Å²) in [5.41, 5.74) is 0.229. The van der Waals surface area contributed by atoms with E-state index in [0.717, 1.165) is 0 Å². The molecule has 1 saturated heterocycles. The van der Waals surface area contributed by atoms with Crippen LogP contribution in [-0.2, 0) is 4.79 Å². The van der Waals surface area contributed by atoms with Crippen molar-refractivity contribution in [3.8, 4) is 0 Å². The van der Waals surface area contributed by atoms with E-state index in [-0.39, 0.29) is 22.7 Å². The molecule has 18 heavy (non-hydrogen) atoms. The number of carbonyl (C=O) groups is 2. The normalized spacial score (nSPS) is 19.6. The Labute approximate surface area is 109 Å². The highest BCUT2D eigenvalue weighted by atomic mass is 35.5. The molecule has 1 N–H and O–H groups in total. The summed E-state index contributed by atoms with van der Waals surface area (Å²) in [6.07, 6.45) is 2.55. The summed E-state index contributed by atoms with van der Waals surface area (Å²) < 4.78 is 0. The fourth-order valence-corrected chi connectivity index (χ4v) is 2.24. The molecule has 6 nitrogen and oxygen atoms in total. The average Bonchev–Trinajstić information content (AvgIpc) is 2.38. The van der Waals surface area contributed by atoms with Crippen molar-refractivity contribution in [2.45, 2.75) is 19.4 Å². The van der Waals surface area contributed by atoms with Gasteiger partial charge in [0.25, 0.3) is 0 Å². The molecule has 0 bridgehead atoms. The largest absolute Gasteiger partial charge is 0.353 e. The van der Waals surface area contributed by atoms with Gasteiger partial charge in [-0.05, 0) is 6.42 Å². The van der Waals surface area contributed by atoms with Gasteiger partial charge in [0.05, 0.1) is 5.56 Å². The molecule has 0 aromatic carbocycles. The number of carbonyl (C=O) groups excluding carboxylic acids is 2. The number of piperazine rings is 1. The SMILES string of the molecule is CCC1C(=O)NCCN1c1ncnc(Cl)c1C=O. The van der Waals surface area contributed by atoms with Crippen LogP contribution in [0.25, 0.3) is 0 Å². The smallest absolute Gasteiger partial charge is 0.242 e. The van der Waals surface area contributed by atoms with E-state index in [4.69, 9.17) is 11.6 Å². The Morgan fingerprint density at radius 1 is 1.61 bits per heavy atom. The fourth-order valence-electron chi connectivity index (χ4n) is 2.07. The molecule has 1 aliphatic heterocycles. The van der Waals surface area contributed by atoms with E-state index < -0.39 is 0 Å². The molecule has 0 saturated carbocycles. The number of halogens is 1. The molecule has 0 spiro atoms. The van der Waals surface area contributed by atoms with Gasteiger partial charge in [-0.1, -0.05) is 18.5 Å². The van der Waals surface area contributed by atoms with Crippen molar-refractivity contribution in [3.05, 3.63) is 17.0 Å². The molecule has 1 aromatic heterocycles. The molecule has 96 valence electrons. The average molecular weight is 269 g/mol. The fraction of sp³-hybridized carbons (Fsp3) is 0.455. The molecule has 1 aliphatic rings. The maximum absolute atomic E-state index is 11.8. The first-order valence-electron chi connectivity index (χ1n) is 5.69. The van der Waals surface area contributed by atoms with E-state index in [1.165, 1.54) is 6.33 Å². The number of aldehydes is 1. The number of aromatic nitrogens is 2. The topological polar surface area (TPSA) is 75.2 Å². The lowest BCUT2D eigenvalue weighted by Crippen LogP contribution is -2.55. The van der Waals surface area contributed by atoms with E-state index in [0.29, 0.717) is 31.6 Å². The van der Waals surface area contributed by atoms with Crippen LogP contribution in [0.5, 0.6) is 0 Å². The van der Waals surface area contributed by atoms with Gasteiger partial charge in [0.15, 0.2) is 6.29 Å². The molecule has 0 aliphatic carbocycles. The highest BCUT2D eigenvalue weighted by Crippen LogP contribution is 2.24. The van der Waals surface area contributed by atoms with E-state index in [1.54, 1.807) is 4.90 Å². The minimum absolute atomic E-state index is 0.0599. The van der Waals surface area contributed by atoms with Gasteiger partial charge in [-0.2, -0.15) is 0 Å². The highest BCUT2D eigenvalue weighted by Gasteiger charge is 2.31. The maximum atomic E-state index is 11.8. The monoisotopic (exact) mass is 268 g/mol. The number of amides is 1. The Bertz CT molecular complexity index is 480. The molecule has 1 aromatic rings. The van der Waals surface area contributed by atoms with Gasteiger partial charge in [0.2, 0.25) is 5.91 Å². The summed E-state index contributed by atoms with van der Waals surface area (Å²) in [6.45, 7) is 3.03. The van der Waals surface area contributed by atoms with E-state index in [2.05, 4.69) is 15.3 Å². The van der Waals surface area contributed by atoms with Crippen LogP contribution in [0.15, 0.2) is 6.33 Å². The molecule has 7 heteroatoms. The number of nitrogens with one attached hydrogen (secondary N) is 1. The molecular weight excluding hydrogens is 256 g/mol. The maximum Gasteiger partial charge on any atom is 0.242 e. The van der Waals surface area contributed by atoms with E-state index in [9.17, 15) is 9.59 Å². The molecular formula is C11H13ClN4O2. The van der Waals surface area contributed by atoms with Gasteiger partial charge in [-0.25, -0.2) is 9.97 Å². The van der Waals surface area contributed by atoms with E-state index >= 15 is 0 Å². The van der Waals surface area contributed by atoms with Crippen LogP contribution < -0.4 is 10.2 Å². The van der Waals surface area contributed by atoms with Crippen molar-refractivity contribution >= 4 is 29.6 Å². The van der Waals surface area contributed by atoms with E-state index in [1.807, 2.05) is 6.92 Å². The van der Waals surface area contributed by atoms with Crippen molar-refractivity contribution in [3.63, 3.8) is 0 Å². The second-order valence-electron chi connectivity index (χ2n) is 3.93. The zero-order valence-electron chi connectivity index (χ0n) is 9.89. The quantitative estimate of drug-likeness (QED) is 0.644. The standard InChI is InChI=1S/C11H13ClN4O2/c1-2-8-11(18)13-3-4-16(8)10-7(5-17)9(12)14-6-15-10/h5-6,8H,2-4H2,1H3,(H,13,18). The molecule has 0 radical (unpaired) electrons. The Hall–Kier alpha value is -1.69. The summed E-state index contributed by atoms with van der Waals surface area (Å²) in [4.78, 5) is 32.5. The number of hydrogen-bond donors (Lipinski definition) is 1. The van der Waals surface area contributed by atoms with Crippen LogP contribution in [0.1, 0.15) is 23.7 Å². The minimum atomic E-state index is -0.330. The van der Waals surface area contributed by atoms with Crippen LogP contribution in [0.3, 0.4) is 0 Å². The third kappa shape index (κ3) is 2.15. The number of nitrogens with zero attached hydrogens (tertiary/aromatic N) is 3. The molecule has 1 amide bonds. The van der Waals surface area contributed by atoms with Crippen LogP contribution in [0.2, 0.25) is 5.15 Å². The van der Waals surface area contributed by atoms with Crippen molar-refractivity contribution < 1.29 is 9.59 Å². The van der Waals surface area contributed by atoms with Gasteiger partial charge in [-0.3, -0.25) is 9.59 Å². The van der Waals surface area contributed by atoms with Gasteiger partial charge < -0.3 is 10.2 Å².